The summed E-state index contributed by atoms with van der Waals surface area (Å²) < 4.78 is 0.714. The molecular weight excluding hydrogens is 408 g/mol. The second kappa shape index (κ2) is 7.63. The van der Waals surface area contributed by atoms with Crippen molar-refractivity contribution in [1.29, 1.82) is 0 Å². The quantitative estimate of drug-likeness (QED) is 0.482. The number of thiazole rings is 2. The van der Waals surface area contributed by atoms with Crippen LogP contribution in [0.5, 0.6) is 0 Å². The molecule has 4 aromatic rings. The largest absolute Gasteiger partial charge is 0.302 e. The van der Waals surface area contributed by atoms with Crippen molar-refractivity contribution < 1.29 is 4.79 Å². The van der Waals surface area contributed by atoms with Crippen molar-refractivity contribution in [1.82, 2.24) is 15.0 Å². The number of pyridine rings is 1. The molecule has 4 heterocycles. The predicted octanol–water partition coefficient (Wildman–Crippen LogP) is 5.22. The van der Waals surface area contributed by atoms with Crippen LogP contribution in [-0.4, -0.2) is 20.9 Å². The molecule has 0 aromatic carbocycles. The molecule has 0 atom stereocenters. The smallest absolute Gasteiger partial charge is 0.232 e. The fourth-order valence-corrected chi connectivity index (χ4v) is 4.85. The molecule has 0 saturated heterocycles. The minimum Gasteiger partial charge on any atom is -0.302 e. The van der Waals surface area contributed by atoms with Crippen LogP contribution in [0.1, 0.15) is 5.69 Å². The lowest BCUT2D eigenvalue weighted by atomic mass is 10.3. The lowest BCUT2D eigenvalue weighted by Gasteiger charge is -1.99. The molecule has 26 heavy (non-hydrogen) atoms. The Morgan fingerprint density at radius 3 is 2.85 bits per heavy atom. The Labute approximate surface area is 166 Å². The number of hydrogen-bond acceptors (Lipinski definition) is 7. The Morgan fingerprint density at radius 1 is 1.15 bits per heavy atom. The van der Waals surface area contributed by atoms with Crippen molar-refractivity contribution in [3.63, 3.8) is 0 Å². The van der Waals surface area contributed by atoms with Crippen molar-refractivity contribution in [2.45, 2.75) is 6.42 Å². The Hall–Kier alpha value is -2.13. The number of aromatic nitrogens is 3. The van der Waals surface area contributed by atoms with Gasteiger partial charge in [-0.15, -0.1) is 34.0 Å². The van der Waals surface area contributed by atoms with E-state index in [1.807, 2.05) is 35.0 Å². The van der Waals surface area contributed by atoms with E-state index < -0.39 is 0 Å². The summed E-state index contributed by atoms with van der Waals surface area (Å²) in [4.78, 5) is 26.3. The fraction of sp³-hybridized carbons (Fsp3) is 0.0588. The van der Waals surface area contributed by atoms with Crippen LogP contribution < -0.4 is 5.32 Å². The number of amides is 1. The molecule has 0 bridgehead atoms. The van der Waals surface area contributed by atoms with Gasteiger partial charge in [0.05, 0.1) is 27.0 Å². The SMILES string of the molecule is O=C(Cc1csc(-c2cccnc2)n1)Nc1nc(-c2ccc(Cl)s2)cs1. The van der Waals surface area contributed by atoms with E-state index >= 15 is 0 Å². The van der Waals surface area contributed by atoms with Gasteiger partial charge in [-0.25, -0.2) is 9.97 Å². The third-order valence-electron chi connectivity index (χ3n) is 3.38. The molecule has 5 nitrogen and oxygen atoms in total. The Kier molecular flexibility index (Phi) is 5.07. The summed E-state index contributed by atoms with van der Waals surface area (Å²) in [5.74, 6) is -0.141. The molecule has 0 spiro atoms. The molecule has 1 N–H and O–H groups in total. The third-order valence-corrected chi connectivity index (χ3v) is 6.33. The Morgan fingerprint density at radius 2 is 2.08 bits per heavy atom. The highest BCUT2D eigenvalue weighted by Crippen LogP contribution is 2.33. The number of nitrogens with one attached hydrogen (secondary N) is 1. The molecule has 0 saturated carbocycles. The Bertz CT molecular complexity index is 1040. The summed E-state index contributed by atoms with van der Waals surface area (Å²) in [7, 11) is 0. The summed E-state index contributed by atoms with van der Waals surface area (Å²) in [5.41, 5.74) is 2.49. The minimum atomic E-state index is -0.141. The van der Waals surface area contributed by atoms with Crippen LogP contribution in [0.25, 0.3) is 21.1 Å². The minimum absolute atomic E-state index is 0.141. The van der Waals surface area contributed by atoms with Gasteiger partial charge in [-0.1, -0.05) is 11.6 Å². The van der Waals surface area contributed by atoms with E-state index in [0.717, 1.165) is 26.8 Å². The predicted molar refractivity (Wildman–Crippen MR) is 108 cm³/mol. The van der Waals surface area contributed by atoms with Gasteiger partial charge in [0.25, 0.3) is 0 Å². The number of rotatable bonds is 5. The lowest BCUT2D eigenvalue weighted by molar-refractivity contribution is -0.115. The lowest BCUT2D eigenvalue weighted by Crippen LogP contribution is -2.14. The topological polar surface area (TPSA) is 67.8 Å². The monoisotopic (exact) mass is 418 g/mol. The van der Waals surface area contributed by atoms with Crippen LogP contribution in [0.3, 0.4) is 0 Å². The van der Waals surface area contributed by atoms with Crippen molar-refractivity contribution in [2.24, 2.45) is 0 Å². The highest BCUT2D eigenvalue weighted by atomic mass is 35.5. The molecule has 0 fully saturated rings. The van der Waals surface area contributed by atoms with Crippen LogP contribution in [-0.2, 0) is 11.2 Å². The first-order valence-corrected chi connectivity index (χ1v) is 10.5. The molecule has 130 valence electrons. The number of carbonyl (C=O) groups excluding carboxylic acids is 1. The molecule has 0 radical (unpaired) electrons. The van der Waals surface area contributed by atoms with Gasteiger partial charge in [0, 0.05) is 28.7 Å². The van der Waals surface area contributed by atoms with E-state index in [1.165, 1.54) is 34.0 Å². The third kappa shape index (κ3) is 3.99. The Balaban J connectivity index is 1.40. The van der Waals surface area contributed by atoms with Crippen molar-refractivity contribution in [3.8, 4) is 21.1 Å². The first-order valence-electron chi connectivity index (χ1n) is 7.53. The summed E-state index contributed by atoms with van der Waals surface area (Å²) in [5, 5.41) is 8.04. The van der Waals surface area contributed by atoms with E-state index in [-0.39, 0.29) is 12.3 Å². The zero-order valence-electron chi connectivity index (χ0n) is 13.2. The average molecular weight is 419 g/mol. The van der Waals surface area contributed by atoms with E-state index in [9.17, 15) is 4.79 Å². The summed E-state index contributed by atoms with van der Waals surface area (Å²) >= 11 is 10.3. The zero-order valence-corrected chi connectivity index (χ0v) is 16.4. The van der Waals surface area contributed by atoms with E-state index in [0.29, 0.717) is 9.47 Å². The van der Waals surface area contributed by atoms with Crippen LogP contribution >= 0.6 is 45.6 Å². The van der Waals surface area contributed by atoms with Gasteiger partial charge in [-0.2, -0.15) is 0 Å². The molecule has 0 aliphatic heterocycles. The number of thiophene rings is 1. The maximum Gasteiger partial charge on any atom is 0.232 e. The zero-order chi connectivity index (χ0) is 17.9. The van der Waals surface area contributed by atoms with Gasteiger partial charge in [0.2, 0.25) is 5.91 Å². The first-order chi connectivity index (χ1) is 12.7. The normalized spacial score (nSPS) is 10.8. The van der Waals surface area contributed by atoms with Crippen LogP contribution in [0.2, 0.25) is 4.34 Å². The van der Waals surface area contributed by atoms with E-state index in [2.05, 4.69) is 20.3 Å². The first kappa shape index (κ1) is 17.3. The molecule has 4 aromatic heterocycles. The molecule has 0 aliphatic rings. The second-order valence-corrected chi connectivity index (χ2v) is 8.68. The van der Waals surface area contributed by atoms with Crippen molar-refractivity contribution in [3.05, 3.63) is 57.4 Å². The number of anilines is 1. The summed E-state index contributed by atoms with van der Waals surface area (Å²) in [6, 6.07) is 7.57. The van der Waals surface area contributed by atoms with Gasteiger partial charge in [0.15, 0.2) is 5.13 Å². The number of carbonyl (C=O) groups is 1. The van der Waals surface area contributed by atoms with Gasteiger partial charge in [-0.05, 0) is 24.3 Å². The highest BCUT2D eigenvalue weighted by Gasteiger charge is 2.12. The molecule has 0 unspecified atom stereocenters. The number of nitrogens with zero attached hydrogens (tertiary/aromatic N) is 3. The summed E-state index contributed by atoms with van der Waals surface area (Å²) in [6.07, 6.45) is 3.69. The number of hydrogen-bond donors (Lipinski definition) is 1. The second-order valence-electron chi connectivity index (χ2n) is 5.25. The summed E-state index contributed by atoms with van der Waals surface area (Å²) in [6.45, 7) is 0. The van der Waals surface area contributed by atoms with Gasteiger partial charge >= 0.3 is 0 Å². The van der Waals surface area contributed by atoms with Crippen LogP contribution in [0.15, 0.2) is 47.4 Å². The standard InChI is InChI=1S/C17H11ClN4OS3/c18-14-4-3-13(26-14)12-9-25-17(21-12)22-15(23)6-11-8-24-16(20-11)10-2-1-5-19-7-10/h1-5,7-9H,6H2,(H,21,22,23). The molecular formula is C17H11ClN4OS3. The highest BCUT2D eigenvalue weighted by molar-refractivity contribution is 7.20. The van der Waals surface area contributed by atoms with Crippen molar-refractivity contribution >= 4 is 56.7 Å². The molecule has 9 heteroatoms. The van der Waals surface area contributed by atoms with Gasteiger partial charge in [0.1, 0.15) is 5.01 Å². The fourth-order valence-electron chi connectivity index (χ4n) is 2.23. The maximum absolute atomic E-state index is 12.3. The molecule has 4 rings (SSSR count). The van der Waals surface area contributed by atoms with Crippen molar-refractivity contribution in [2.75, 3.05) is 5.32 Å². The van der Waals surface area contributed by atoms with E-state index in [1.54, 1.807) is 12.4 Å². The van der Waals surface area contributed by atoms with Gasteiger partial charge in [-0.3, -0.25) is 9.78 Å². The number of halogens is 1. The van der Waals surface area contributed by atoms with Gasteiger partial charge < -0.3 is 5.32 Å². The molecule has 1 amide bonds. The van der Waals surface area contributed by atoms with E-state index in [4.69, 9.17) is 11.6 Å². The van der Waals surface area contributed by atoms with Crippen LogP contribution in [0, 0.1) is 0 Å². The maximum atomic E-state index is 12.3. The van der Waals surface area contributed by atoms with Crippen LogP contribution in [0.4, 0.5) is 5.13 Å². The molecule has 0 aliphatic carbocycles. The average Bonchev–Trinajstić information content (AvgIpc) is 3.37.